The van der Waals surface area contributed by atoms with Crippen molar-refractivity contribution in [1.82, 2.24) is 25.5 Å². The molecular weight excluding hydrogens is 360 g/mol. The highest BCUT2D eigenvalue weighted by Gasteiger charge is 2.35. The number of aliphatic hydroxyl groups is 1. The maximum absolute atomic E-state index is 12.5. The summed E-state index contributed by atoms with van der Waals surface area (Å²) in [6.07, 6.45) is 4.58. The van der Waals surface area contributed by atoms with Gasteiger partial charge >= 0.3 is 0 Å². The van der Waals surface area contributed by atoms with Crippen molar-refractivity contribution in [3.8, 4) is 0 Å². The number of amides is 1. The molecule has 0 radical (unpaired) electrons. The first kappa shape index (κ1) is 18.7. The number of H-pyrrole nitrogens is 2. The van der Waals surface area contributed by atoms with Crippen LogP contribution in [0.2, 0.25) is 0 Å². The lowest BCUT2D eigenvalue weighted by atomic mass is 9.74. The molecule has 1 saturated heterocycles. The quantitative estimate of drug-likeness (QED) is 0.621. The Hall–Kier alpha value is -2.68. The standard InChI is InChI=1S/C19H26N6O3/c1-19(2)8-14(21-17(28)13-7-16(27)24-23-13)12-10-20-18(22-15(12)9-19)25-5-3-11(26)4-6-25/h7,10-11,14,26H,3-6,8-9H2,1-2H3,(H,21,28)(H2,23,24,27)/t14-/m0/s1. The molecule has 1 atom stereocenters. The number of aliphatic hydroxyl groups excluding tert-OH is 1. The molecule has 1 amide bonds. The molecule has 0 aromatic carbocycles. The molecule has 9 nitrogen and oxygen atoms in total. The Kier molecular flexibility index (Phi) is 4.70. The van der Waals surface area contributed by atoms with Crippen LogP contribution in [-0.4, -0.2) is 50.4 Å². The van der Waals surface area contributed by atoms with Crippen LogP contribution in [0.15, 0.2) is 17.1 Å². The van der Waals surface area contributed by atoms with E-state index in [-0.39, 0.29) is 34.7 Å². The van der Waals surface area contributed by atoms with Gasteiger partial charge in [0.05, 0.1) is 17.8 Å². The van der Waals surface area contributed by atoms with Crippen LogP contribution >= 0.6 is 0 Å². The van der Waals surface area contributed by atoms with Gasteiger partial charge in [0.15, 0.2) is 0 Å². The summed E-state index contributed by atoms with van der Waals surface area (Å²) in [7, 11) is 0. The molecule has 9 heteroatoms. The van der Waals surface area contributed by atoms with E-state index < -0.39 is 0 Å². The third-order valence-electron chi connectivity index (χ3n) is 5.56. The molecule has 150 valence electrons. The minimum absolute atomic E-state index is 0.0276. The van der Waals surface area contributed by atoms with Crippen LogP contribution in [0.4, 0.5) is 5.95 Å². The fraction of sp³-hybridized carbons (Fsp3) is 0.579. The fourth-order valence-electron chi connectivity index (χ4n) is 4.07. The van der Waals surface area contributed by atoms with Crippen LogP contribution in [0.25, 0.3) is 0 Å². The number of aromatic nitrogens is 4. The molecule has 2 aromatic heterocycles. The minimum atomic E-state index is -0.339. The summed E-state index contributed by atoms with van der Waals surface area (Å²) < 4.78 is 0. The van der Waals surface area contributed by atoms with E-state index in [2.05, 4.69) is 39.2 Å². The average Bonchev–Trinajstić information content (AvgIpc) is 3.07. The number of hydrogen-bond donors (Lipinski definition) is 4. The van der Waals surface area contributed by atoms with E-state index >= 15 is 0 Å². The van der Waals surface area contributed by atoms with Gasteiger partial charge < -0.3 is 15.3 Å². The number of fused-ring (bicyclic) bond motifs is 1. The Morgan fingerprint density at radius 3 is 2.75 bits per heavy atom. The van der Waals surface area contributed by atoms with Crippen molar-refractivity contribution in [2.24, 2.45) is 5.41 Å². The third-order valence-corrected chi connectivity index (χ3v) is 5.56. The van der Waals surface area contributed by atoms with Crippen molar-refractivity contribution in [3.05, 3.63) is 39.6 Å². The lowest BCUT2D eigenvalue weighted by molar-refractivity contribution is 0.0914. The maximum atomic E-state index is 12.5. The normalized spacial score (nSPS) is 22.0. The van der Waals surface area contributed by atoms with Crippen molar-refractivity contribution in [2.75, 3.05) is 18.0 Å². The van der Waals surface area contributed by atoms with Crippen LogP contribution in [0.3, 0.4) is 0 Å². The van der Waals surface area contributed by atoms with Crippen molar-refractivity contribution in [2.45, 2.75) is 51.7 Å². The molecule has 28 heavy (non-hydrogen) atoms. The van der Waals surface area contributed by atoms with Crippen LogP contribution < -0.4 is 15.8 Å². The van der Waals surface area contributed by atoms with E-state index in [1.807, 2.05) is 6.20 Å². The molecule has 4 rings (SSSR count). The Morgan fingerprint density at radius 2 is 2.07 bits per heavy atom. The first-order valence-corrected chi connectivity index (χ1v) is 9.68. The Morgan fingerprint density at radius 1 is 1.32 bits per heavy atom. The van der Waals surface area contributed by atoms with Crippen LogP contribution in [0.1, 0.15) is 60.9 Å². The average molecular weight is 386 g/mol. The number of carbonyl (C=O) groups excluding carboxylic acids is 1. The third kappa shape index (κ3) is 3.80. The highest BCUT2D eigenvalue weighted by molar-refractivity contribution is 5.92. The van der Waals surface area contributed by atoms with E-state index in [0.29, 0.717) is 5.95 Å². The predicted molar refractivity (Wildman–Crippen MR) is 103 cm³/mol. The summed E-state index contributed by atoms with van der Waals surface area (Å²) in [5.41, 5.74) is 1.71. The smallest absolute Gasteiger partial charge is 0.269 e. The van der Waals surface area contributed by atoms with Gasteiger partial charge in [-0.15, -0.1) is 0 Å². The molecule has 1 aliphatic heterocycles. The highest BCUT2D eigenvalue weighted by atomic mass is 16.3. The van der Waals surface area contributed by atoms with Gasteiger partial charge in [-0.1, -0.05) is 13.8 Å². The molecule has 1 fully saturated rings. The molecule has 1 aliphatic carbocycles. The zero-order valence-corrected chi connectivity index (χ0v) is 16.2. The molecule has 4 N–H and O–H groups in total. The minimum Gasteiger partial charge on any atom is -0.393 e. The molecular formula is C19H26N6O3. The first-order chi connectivity index (χ1) is 13.3. The lowest BCUT2D eigenvalue weighted by Crippen LogP contribution is -2.39. The number of anilines is 1. The highest BCUT2D eigenvalue weighted by Crippen LogP contribution is 2.40. The van der Waals surface area contributed by atoms with E-state index in [1.165, 1.54) is 6.07 Å². The molecule has 0 unspecified atom stereocenters. The van der Waals surface area contributed by atoms with Crippen molar-refractivity contribution in [3.63, 3.8) is 0 Å². The van der Waals surface area contributed by atoms with E-state index in [9.17, 15) is 14.7 Å². The first-order valence-electron chi connectivity index (χ1n) is 9.68. The monoisotopic (exact) mass is 386 g/mol. The van der Waals surface area contributed by atoms with Crippen LogP contribution in [0.5, 0.6) is 0 Å². The molecule has 2 aromatic rings. The zero-order chi connectivity index (χ0) is 19.9. The Bertz CT molecular complexity index is 926. The van der Waals surface area contributed by atoms with Gasteiger partial charge in [-0.3, -0.25) is 19.8 Å². The summed E-state index contributed by atoms with van der Waals surface area (Å²) in [6, 6.07) is 1.02. The van der Waals surface area contributed by atoms with Crippen LogP contribution in [-0.2, 0) is 6.42 Å². The summed E-state index contributed by atoms with van der Waals surface area (Å²) >= 11 is 0. The van der Waals surface area contributed by atoms with Gasteiger partial charge in [0, 0.05) is 30.9 Å². The maximum Gasteiger partial charge on any atom is 0.269 e. The number of nitrogens with one attached hydrogen (secondary N) is 3. The van der Waals surface area contributed by atoms with Gasteiger partial charge in [-0.2, -0.15) is 0 Å². The Balaban J connectivity index is 1.58. The van der Waals surface area contributed by atoms with Crippen molar-refractivity contribution >= 4 is 11.9 Å². The molecule has 2 aliphatic rings. The molecule has 3 heterocycles. The number of nitrogens with zero attached hydrogens (tertiary/aromatic N) is 3. The summed E-state index contributed by atoms with van der Waals surface area (Å²) in [6.45, 7) is 5.80. The zero-order valence-electron chi connectivity index (χ0n) is 16.2. The topological polar surface area (TPSA) is 127 Å². The van der Waals surface area contributed by atoms with Gasteiger partial charge in [-0.25, -0.2) is 9.97 Å². The molecule has 0 bridgehead atoms. The molecule has 0 spiro atoms. The second-order valence-corrected chi connectivity index (χ2v) is 8.53. The van der Waals surface area contributed by atoms with Crippen LogP contribution in [0, 0.1) is 5.41 Å². The number of aromatic amines is 2. The second kappa shape index (κ2) is 7.05. The lowest BCUT2D eigenvalue weighted by Gasteiger charge is -2.37. The number of piperidine rings is 1. The van der Waals surface area contributed by atoms with E-state index in [0.717, 1.165) is 50.0 Å². The molecule has 0 saturated carbocycles. The van der Waals surface area contributed by atoms with E-state index in [1.54, 1.807) is 0 Å². The second-order valence-electron chi connectivity index (χ2n) is 8.53. The predicted octanol–water partition coefficient (Wildman–Crippen LogP) is 0.898. The van der Waals surface area contributed by atoms with Gasteiger partial charge in [0.1, 0.15) is 5.69 Å². The number of hydrogen-bond acceptors (Lipinski definition) is 6. The summed E-state index contributed by atoms with van der Waals surface area (Å²) in [5, 5.41) is 17.7. The Labute approximate surface area is 162 Å². The van der Waals surface area contributed by atoms with E-state index in [4.69, 9.17) is 4.98 Å². The van der Waals surface area contributed by atoms with Gasteiger partial charge in [-0.05, 0) is 31.1 Å². The number of carbonyl (C=O) groups is 1. The van der Waals surface area contributed by atoms with Crippen molar-refractivity contribution < 1.29 is 9.90 Å². The largest absolute Gasteiger partial charge is 0.393 e. The van der Waals surface area contributed by atoms with Gasteiger partial charge in [0.25, 0.3) is 11.5 Å². The SMILES string of the molecule is CC1(C)Cc2nc(N3CCC(O)CC3)ncc2[C@@H](NC(=O)c2cc(=O)[nH][nH]2)C1. The fourth-order valence-corrected chi connectivity index (χ4v) is 4.07. The summed E-state index contributed by atoms with van der Waals surface area (Å²) in [4.78, 5) is 35.3. The summed E-state index contributed by atoms with van der Waals surface area (Å²) in [5.74, 6) is 0.351. The van der Waals surface area contributed by atoms with Gasteiger partial charge in [0.2, 0.25) is 5.95 Å². The number of rotatable bonds is 3. The van der Waals surface area contributed by atoms with Crippen molar-refractivity contribution in [1.29, 1.82) is 0 Å².